The first-order valence-corrected chi connectivity index (χ1v) is 9.60. The van der Waals surface area contributed by atoms with Crippen molar-refractivity contribution in [1.82, 2.24) is 14.5 Å². The van der Waals surface area contributed by atoms with Gasteiger partial charge in [0.25, 0.3) is 0 Å². The minimum absolute atomic E-state index is 0.270. The number of hydrogen-bond acceptors (Lipinski definition) is 3. The van der Waals surface area contributed by atoms with E-state index in [1.807, 2.05) is 36.1 Å². The lowest BCUT2D eigenvalue weighted by Crippen LogP contribution is -2.03. The summed E-state index contributed by atoms with van der Waals surface area (Å²) in [4.78, 5) is 20.7. The van der Waals surface area contributed by atoms with Gasteiger partial charge in [-0.3, -0.25) is 9.78 Å². The Morgan fingerprint density at radius 1 is 1.00 bits per heavy atom. The van der Waals surface area contributed by atoms with Crippen LogP contribution in [-0.4, -0.2) is 20.3 Å². The summed E-state index contributed by atoms with van der Waals surface area (Å²) < 4.78 is 2.03. The van der Waals surface area contributed by atoms with Crippen LogP contribution in [0.2, 0.25) is 0 Å². The molecule has 0 fully saturated rings. The lowest BCUT2D eigenvalue weighted by molar-refractivity contribution is -0.118. The number of aromatic nitrogens is 3. The first-order valence-electron chi connectivity index (χ1n) is 9.60. The molecule has 0 N–H and O–H groups in total. The van der Waals surface area contributed by atoms with Gasteiger partial charge in [0.05, 0.1) is 0 Å². The number of carbonyl (C=O) groups excluding carboxylic acids is 1. The average Bonchev–Trinajstić information content (AvgIpc) is 3.09. The van der Waals surface area contributed by atoms with Crippen LogP contribution in [0.15, 0.2) is 73.3 Å². The van der Waals surface area contributed by atoms with Crippen molar-refractivity contribution in [2.45, 2.75) is 25.7 Å². The number of nitrogens with zero attached hydrogens (tertiary/aromatic N) is 3. The highest BCUT2D eigenvalue weighted by Crippen LogP contribution is 2.23. The van der Waals surface area contributed by atoms with Gasteiger partial charge in [0.2, 0.25) is 0 Å². The van der Waals surface area contributed by atoms with E-state index in [9.17, 15) is 4.79 Å². The van der Waals surface area contributed by atoms with E-state index in [0.29, 0.717) is 12.8 Å². The number of fused-ring (bicyclic) bond motifs is 1. The van der Waals surface area contributed by atoms with E-state index in [4.69, 9.17) is 0 Å². The van der Waals surface area contributed by atoms with Crippen molar-refractivity contribution >= 4 is 16.8 Å². The van der Waals surface area contributed by atoms with Crippen molar-refractivity contribution in [2.24, 2.45) is 7.05 Å². The minimum Gasteiger partial charge on any atom is -0.336 e. The Bertz CT molecular complexity index is 1080. The van der Waals surface area contributed by atoms with Crippen molar-refractivity contribution in [3.8, 4) is 11.1 Å². The van der Waals surface area contributed by atoms with Crippen molar-refractivity contribution in [3.05, 3.63) is 84.4 Å². The fourth-order valence-corrected chi connectivity index (χ4v) is 3.48. The van der Waals surface area contributed by atoms with Crippen LogP contribution in [-0.2, 0) is 24.7 Å². The van der Waals surface area contributed by atoms with Crippen molar-refractivity contribution in [3.63, 3.8) is 0 Å². The molecule has 0 aliphatic rings. The van der Waals surface area contributed by atoms with Crippen molar-refractivity contribution in [2.75, 3.05) is 0 Å². The zero-order valence-electron chi connectivity index (χ0n) is 16.0. The Morgan fingerprint density at radius 2 is 1.86 bits per heavy atom. The fraction of sp³-hybridized carbons (Fsp3) is 0.208. The van der Waals surface area contributed by atoms with Gasteiger partial charge in [-0.05, 0) is 47.7 Å². The standard InChI is InChI=1S/C24H23N3O/c1-27-13-11-21-15-22(17-26-24(21)27)20-9-7-18(8-10-20)4-2-6-23(28)14-19-5-3-12-25-16-19/h3,5,7-13,15-17H,2,4,6,14H2,1H3. The molecule has 4 nitrogen and oxygen atoms in total. The third-order valence-electron chi connectivity index (χ3n) is 5.04. The maximum absolute atomic E-state index is 12.1. The molecule has 140 valence electrons. The highest BCUT2D eigenvalue weighted by molar-refractivity contribution is 5.82. The minimum atomic E-state index is 0.270. The summed E-state index contributed by atoms with van der Waals surface area (Å²) in [5.74, 6) is 0.270. The van der Waals surface area contributed by atoms with Crippen LogP contribution >= 0.6 is 0 Å². The third-order valence-corrected chi connectivity index (χ3v) is 5.04. The van der Waals surface area contributed by atoms with Crippen LogP contribution in [0, 0.1) is 0 Å². The molecule has 28 heavy (non-hydrogen) atoms. The summed E-state index contributed by atoms with van der Waals surface area (Å²) in [5, 5.41) is 1.15. The van der Waals surface area contributed by atoms with E-state index in [2.05, 4.69) is 46.4 Å². The number of ketones is 1. The van der Waals surface area contributed by atoms with E-state index < -0.39 is 0 Å². The molecule has 0 atom stereocenters. The second kappa shape index (κ2) is 8.17. The van der Waals surface area contributed by atoms with Gasteiger partial charge in [0.1, 0.15) is 11.4 Å². The number of Topliss-reactive ketones (excluding diaryl/α,β-unsaturated/α-hetero) is 1. The normalized spacial score (nSPS) is 11.0. The SMILES string of the molecule is Cn1ccc2cc(-c3ccc(CCCC(=O)Cc4cccnc4)cc3)cnc21. The molecule has 0 amide bonds. The Labute approximate surface area is 164 Å². The number of rotatable bonds is 7. The molecule has 0 aliphatic heterocycles. The molecular weight excluding hydrogens is 346 g/mol. The molecule has 0 saturated carbocycles. The van der Waals surface area contributed by atoms with Crippen LogP contribution in [0.3, 0.4) is 0 Å². The average molecular weight is 369 g/mol. The molecular formula is C24H23N3O. The number of aryl methyl sites for hydroxylation is 2. The van der Waals surface area contributed by atoms with Crippen molar-refractivity contribution < 1.29 is 4.79 Å². The monoisotopic (exact) mass is 369 g/mol. The van der Waals surface area contributed by atoms with E-state index >= 15 is 0 Å². The largest absolute Gasteiger partial charge is 0.336 e. The lowest BCUT2D eigenvalue weighted by Gasteiger charge is -2.06. The van der Waals surface area contributed by atoms with E-state index in [1.54, 1.807) is 12.4 Å². The second-order valence-corrected chi connectivity index (χ2v) is 7.19. The van der Waals surface area contributed by atoms with Gasteiger partial charge in [-0.15, -0.1) is 0 Å². The molecule has 0 radical (unpaired) electrons. The van der Waals surface area contributed by atoms with Crippen molar-refractivity contribution in [1.29, 1.82) is 0 Å². The molecule has 1 aromatic carbocycles. The number of carbonyl (C=O) groups is 1. The van der Waals surface area contributed by atoms with Crippen LogP contribution in [0.25, 0.3) is 22.2 Å². The predicted octanol–water partition coefficient (Wildman–Crippen LogP) is 4.77. The molecule has 0 saturated heterocycles. The Kier molecular flexibility index (Phi) is 5.29. The van der Waals surface area contributed by atoms with Gasteiger partial charge in [-0.1, -0.05) is 30.3 Å². The maximum Gasteiger partial charge on any atom is 0.139 e. The van der Waals surface area contributed by atoms with Crippen LogP contribution in [0.4, 0.5) is 0 Å². The summed E-state index contributed by atoms with van der Waals surface area (Å²) in [7, 11) is 2.01. The number of benzene rings is 1. The third kappa shape index (κ3) is 4.17. The molecule has 0 aliphatic carbocycles. The highest BCUT2D eigenvalue weighted by atomic mass is 16.1. The van der Waals surface area contributed by atoms with E-state index in [0.717, 1.165) is 40.6 Å². The summed E-state index contributed by atoms with van der Waals surface area (Å²) in [6.07, 6.45) is 10.3. The van der Waals surface area contributed by atoms with Crippen LogP contribution in [0.1, 0.15) is 24.0 Å². The molecule has 3 aromatic heterocycles. The topological polar surface area (TPSA) is 47.8 Å². The first kappa shape index (κ1) is 18.1. The zero-order valence-corrected chi connectivity index (χ0v) is 16.0. The smallest absolute Gasteiger partial charge is 0.139 e. The molecule has 3 heterocycles. The molecule has 4 aromatic rings. The van der Waals surface area contributed by atoms with Gasteiger partial charge in [0, 0.05) is 55.6 Å². The summed E-state index contributed by atoms with van der Waals surface area (Å²) >= 11 is 0. The molecule has 0 spiro atoms. The zero-order chi connectivity index (χ0) is 19.3. The molecule has 0 unspecified atom stereocenters. The summed E-state index contributed by atoms with van der Waals surface area (Å²) in [6.45, 7) is 0. The molecule has 0 bridgehead atoms. The summed E-state index contributed by atoms with van der Waals surface area (Å²) in [5.41, 5.74) is 5.52. The van der Waals surface area contributed by atoms with Crippen LogP contribution in [0.5, 0.6) is 0 Å². The summed E-state index contributed by atoms with van der Waals surface area (Å²) in [6, 6.07) is 16.7. The highest BCUT2D eigenvalue weighted by Gasteiger charge is 2.06. The van der Waals surface area contributed by atoms with Gasteiger partial charge in [-0.25, -0.2) is 4.98 Å². The first-order chi connectivity index (χ1) is 13.7. The van der Waals surface area contributed by atoms with Crippen LogP contribution < -0.4 is 0 Å². The van der Waals surface area contributed by atoms with Gasteiger partial charge in [-0.2, -0.15) is 0 Å². The molecule has 4 heteroatoms. The fourth-order valence-electron chi connectivity index (χ4n) is 3.48. The second-order valence-electron chi connectivity index (χ2n) is 7.19. The van der Waals surface area contributed by atoms with Gasteiger partial charge >= 0.3 is 0 Å². The lowest BCUT2D eigenvalue weighted by atomic mass is 10.0. The maximum atomic E-state index is 12.1. The Hall–Kier alpha value is -3.27. The van der Waals surface area contributed by atoms with Gasteiger partial charge in [0.15, 0.2) is 0 Å². The van der Waals surface area contributed by atoms with Gasteiger partial charge < -0.3 is 4.57 Å². The predicted molar refractivity (Wildman–Crippen MR) is 112 cm³/mol. The quantitative estimate of drug-likeness (QED) is 0.471. The number of hydrogen-bond donors (Lipinski definition) is 0. The van der Waals surface area contributed by atoms with E-state index in [-0.39, 0.29) is 5.78 Å². The number of pyridine rings is 2. The van der Waals surface area contributed by atoms with E-state index in [1.165, 1.54) is 5.56 Å². The Balaban J connectivity index is 1.33. The molecule has 4 rings (SSSR count). The Morgan fingerprint density at radius 3 is 2.64 bits per heavy atom.